The summed E-state index contributed by atoms with van der Waals surface area (Å²) in [6.07, 6.45) is 2.78. The van der Waals surface area contributed by atoms with Crippen molar-refractivity contribution in [1.82, 2.24) is 18.7 Å². The molecule has 4 heterocycles. The average Bonchev–Trinajstić information content (AvgIpc) is 3.71. The molecule has 5 aromatic rings. The molecule has 1 aromatic carbocycles. The molecule has 0 radical (unpaired) electrons. The molecule has 0 aliphatic carbocycles. The van der Waals surface area contributed by atoms with Gasteiger partial charge in [0.1, 0.15) is 5.82 Å². The number of benzene rings is 1. The van der Waals surface area contributed by atoms with Crippen molar-refractivity contribution in [2.75, 3.05) is 5.32 Å². The Bertz CT molecular complexity index is 1810. The SMILES string of the molecule is NC(=O)c1cccc(C(=O)n2nc(-c3ccn(CC(=O)c4cnsc4)c(=O)c3O)cc2NCc2ccc(Cl)s2)c1. The van der Waals surface area contributed by atoms with Crippen LogP contribution in [0.2, 0.25) is 4.34 Å². The number of anilines is 1. The summed E-state index contributed by atoms with van der Waals surface area (Å²) in [5.41, 5.74) is 5.41. The summed E-state index contributed by atoms with van der Waals surface area (Å²) in [7, 11) is 0. The summed E-state index contributed by atoms with van der Waals surface area (Å²) < 4.78 is 6.64. The molecule has 11 nitrogen and oxygen atoms in total. The van der Waals surface area contributed by atoms with Crippen molar-refractivity contribution in [3.63, 3.8) is 0 Å². The number of rotatable bonds is 9. The lowest BCUT2D eigenvalue weighted by atomic mass is 10.1. The number of carbonyl (C=O) groups excluding carboxylic acids is 3. The number of thiophene rings is 1. The Kier molecular flexibility index (Phi) is 7.60. The fourth-order valence-corrected chi connectivity index (χ4v) is 5.40. The van der Waals surface area contributed by atoms with Crippen LogP contribution < -0.4 is 16.6 Å². The monoisotopic (exact) mass is 594 g/mol. The number of halogens is 1. The highest BCUT2D eigenvalue weighted by Crippen LogP contribution is 2.29. The van der Waals surface area contributed by atoms with Crippen molar-refractivity contribution in [2.45, 2.75) is 13.1 Å². The molecule has 40 heavy (non-hydrogen) atoms. The first-order valence-corrected chi connectivity index (χ1v) is 13.6. The molecule has 0 saturated heterocycles. The minimum Gasteiger partial charge on any atom is -0.503 e. The van der Waals surface area contributed by atoms with Gasteiger partial charge in [0.05, 0.1) is 40.4 Å². The Labute approximate surface area is 239 Å². The van der Waals surface area contributed by atoms with Crippen LogP contribution in [0.3, 0.4) is 0 Å². The highest BCUT2D eigenvalue weighted by molar-refractivity contribution is 7.16. The van der Waals surface area contributed by atoms with E-state index >= 15 is 0 Å². The smallest absolute Gasteiger partial charge is 0.293 e. The first-order chi connectivity index (χ1) is 19.2. The highest BCUT2D eigenvalue weighted by Gasteiger charge is 2.21. The van der Waals surface area contributed by atoms with Gasteiger partial charge in [-0.05, 0) is 47.9 Å². The number of Topliss-reactive ketones (excluding diaryl/α,β-unsaturated/α-hetero) is 1. The minimum atomic E-state index is -0.799. The van der Waals surface area contributed by atoms with Gasteiger partial charge >= 0.3 is 0 Å². The Morgan fingerprint density at radius 1 is 1.07 bits per heavy atom. The van der Waals surface area contributed by atoms with E-state index in [1.807, 2.05) is 6.07 Å². The van der Waals surface area contributed by atoms with Crippen molar-refractivity contribution in [3.8, 4) is 17.0 Å². The van der Waals surface area contributed by atoms with Crippen molar-refractivity contribution in [1.29, 1.82) is 0 Å². The van der Waals surface area contributed by atoms with Crippen molar-refractivity contribution in [3.05, 3.63) is 103 Å². The maximum absolute atomic E-state index is 13.5. The van der Waals surface area contributed by atoms with Crippen LogP contribution in [-0.2, 0) is 13.1 Å². The number of ketones is 1. The van der Waals surface area contributed by atoms with Crippen LogP contribution >= 0.6 is 34.5 Å². The van der Waals surface area contributed by atoms with E-state index in [0.29, 0.717) is 16.4 Å². The zero-order valence-electron chi connectivity index (χ0n) is 20.4. The number of primary amides is 1. The van der Waals surface area contributed by atoms with Gasteiger partial charge in [-0.3, -0.25) is 19.2 Å². The van der Waals surface area contributed by atoms with E-state index in [9.17, 15) is 24.3 Å². The van der Waals surface area contributed by atoms with Gasteiger partial charge in [-0.15, -0.1) is 11.3 Å². The largest absolute Gasteiger partial charge is 0.503 e. The second-order valence-electron chi connectivity index (χ2n) is 8.48. The molecule has 0 aliphatic rings. The van der Waals surface area contributed by atoms with Crippen molar-refractivity contribution < 1.29 is 19.5 Å². The zero-order chi connectivity index (χ0) is 28.4. The Morgan fingerprint density at radius 2 is 1.88 bits per heavy atom. The van der Waals surface area contributed by atoms with Crippen LogP contribution in [0.5, 0.6) is 5.75 Å². The van der Waals surface area contributed by atoms with Gasteiger partial charge in [-0.2, -0.15) is 9.78 Å². The predicted octanol–water partition coefficient (Wildman–Crippen LogP) is 3.87. The minimum absolute atomic E-state index is 0.0607. The molecule has 0 bridgehead atoms. The summed E-state index contributed by atoms with van der Waals surface area (Å²) >= 11 is 8.51. The zero-order valence-corrected chi connectivity index (χ0v) is 22.8. The quantitative estimate of drug-likeness (QED) is 0.217. The Hall–Kier alpha value is -4.59. The molecule has 14 heteroatoms. The van der Waals surface area contributed by atoms with Gasteiger partial charge in [0.2, 0.25) is 5.91 Å². The lowest BCUT2D eigenvalue weighted by Crippen LogP contribution is -2.23. The number of hydrogen-bond donors (Lipinski definition) is 3. The van der Waals surface area contributed by atoms with Crippen LogP contribution in [-0.4, -0.2) is 41.4 Å². The topological polar surface area (TPSA) is 162 Å². The first-order valence-electron chi connectivity index (χ1n) is 11.6. The Morgan fingerprint density at radius 3 is 2.58 bits per heavy atom. The van der Waals surface area contributed by atoms with Gasteiger partial charge < -0.3 is 20.7 Å². The molecule has 5 rings (SSSR count). The summed E-state index contributed by atoms with van der Waals surface area (Å²) in [5, 5.41) is 19.8. The number of pyridine rings is 1. The van der Waals surface area contributed by atoms with E-state index in [1.165, 1.54) is 60.1 Å². The second-order valence-corrected chi connectivity index (χ2v) is 10.9. The number of aromatic hydroxyl groups is 1. The van der Waals surface area contributed by atoms with Gasteiger partial charge in [0, 0.05) is 33.6 Å². The average molecular weight is 595 g/mol. The number of carbonyl (C=O) groups is 3. The van der Waals surface area contributed by atoms with Gasteiger partial charge in [0.15, 0.2) is 11.5 Å². The van der Waals surface area contributed by atoms with Crippen molar-refractivity contribution >= 4 is 57.9 Å². The van der Waals surface area contributed by atoms with Gasteiger partial charge in [-0.1, -0.05) is 17.7 Å². The lowest BCUT2D eigenvalue weighted by Gasteiger charge is -2.08. The summed E-state index contributed by atoms with van der Waals surface area (Å²) in [5.74, 6) is -1.98. The molecular formula is C26H19ClN6O5S2. The molecule has 1 amide bonds. The van der Waals surface area contributed by atoms with Gasteiger partial charge in [-0.25, -0.2) is 4.37 Å². The normalized spacial score (nSPS) is 10.9. The van der Waals surface area contributed by atoms with Crippen LogP contribution in [0.15, 0.2) is 71.1 Å². The molecule has 4 aromatic heterocycles. The molecule has 4 N–H and O–H groups in total. The molecular weight excluding hydrogens is 576 g/mol. The van der Waals surface area contributed by atoms with Crippen LogP contribution in [0.25, 0.3) is 11.3 Å². The lowest BCUT2D eigenvalue weighted by molar-refractivity contribution is 0.0945. The van der Waals surface area contributed by atoms with E-state index in [0.717, 1.165) is 25.7 Å². The number of hydrogen-bond acceptors (Lipinski definition) is 10. The third-order valence-corrected chi connectivity index (χ3v) is 7.67. The highest BCUT2D eigenvalue weighted by atomic mass is 35.5. The summed E-state index contributed by atoms with van der Waals surface area (Å²) in [4.78, 5) is 51.3. The first kappa shape index (κ1) is 27.0. The maximum atomic E-state index is 13.5. The fourth-order valence-electron chi connectivity index (χ4n) is 3.83. The number of aromatic nitrogens is 4. The van der Waals surface area contributed by atoms with Crippen LogP contribution in [0.4, 0.5) is 5.82 Å². The number of nitrogens with two attached hydrogens (primary N) is 1. The molecule has 0 aliphatic heterocycles. The molecule has 0 atom stereocenters. The summed E-state index contributed by atoms with van der Waals surface area (Å²) in [6.45, 7) is 0.0225. The van der Waals surface area contributed by atoms with Gasteiger partial charge in [0.25, 0.3) is 11.5 Å². The van der Waals surface area contributed by atoms with Crippen LogP contribution in [0, 0.1) is 0 Å². The van der Waals surface area contributed by atoms with E-state index < -0.39 is 23.1 Å². The van der Waals surface area contributed by atoms with E-state index in [2.05, 4.69) is 14.8 Å². The molecule has 0 spiro atoms. The fraction of sp³-hybridized carbons (Fsp3) is 0.0769. The van der Waals surface area contributed by atoms with Crippen LogP contribution in [0.1, 0.15) is 36.0 Å². The Balaban J connectivity index is 1.51. The number of amides is 1. The molecule has 0 fully saturated rings. The predicted molar refractivity (Wildman–Crippen MR) is 151 cm³/mol. The second kappa shape index (κ2) is 11.3. The third kappa shape index (κ3) is 5.57. The standard InChI is InChI=1S/C26H19ClN6O5S2/c27-21-5-4-17(40-21)11-29-22-9-19(31-33(22)25(37)15-3-1-2-14(8-15)24(28)36)18-6-7-32(26(38)23(18)35)12-20(34)16-10-30-39-13-16/h1-10,13,29,35H,11-12H2,(H2,28,36). The van der Waals surface area contributed by atoms with E-state index in [-0.39, 0.29) is 40.5 Å². The maximum Gasteiger partial charge on any atom is 0.293 e. The molecule has 0 saturated carbocycles. The third-order valence-electron chi connectivity index (χ3n) is 5.85. The van der Waals surface area contributed by atoms with Crippen molar-refractivity contribution in [2.24, 2.45) is 5.73 Å². The van der Waals surface area contributed by atoms with E-state index in [1.54, 1.807) is 11.4 Å². The summed E-state index contributed by atoms with van der Waals surface area (Å²) in [6, 6.07) is 12.4. The molecule has 202 valence electrons. The molecule has 0 unspecified atom stereocenters. The van der Waals surface area contributed by atoms with E-state index in [4.69, 9.17) is 17.3 Å². The number of nitrogens with one attached hydrogen (secondary N) is 1. The number of nitrogens with zero attached hydrogens (tertiary/aromatic N) is 4.